The second-order valence-corrected chi connectivity index (χ2v) is 8.13. The van der Waals surface area contributed by atoms with Crippen LogP contribution in [0.3, 0.4) is 0 Å². The summed E-state index contributed by atoms with van der Waals surface area (Å²) in [4.78, 5) is 35.2. The third kappa shape index (κ3) is 7.28. The van der Waals surface area contributed by atoms with E-state index in [1.165, 1.54) is 0 Å². The molecule has 0 aliphatic heterocycles. The second kappa shape index (κ2) is 10.9. The highest BCUT2D eigenvalue weighted by atomic mass is 35.5. The van der Waals surface area contributed by atoms with E-state index >= 15 is 0 Å². The van der Waals surface area contributed by atoms with Crippen LogP contribution in [0.25, 0.3) is 11.1 Å². The lowest BCUT2D eigenvalue weighted by molar-refractivity contribution is -0.147. The Kier molecular flexibility index (Phi) is 8.57. The van der Waals surface area contributed by atoms with Crippen molar-refractivity contribution in [1.82, 2.24) is 5.32 Å². The molecule has 0 radical (unpaired) electrons. The van der Waals surface area contributed by atoms with E-state index < -0.39 is 29.8 Å². The number of aliphatic hydroxyl groups excluding tert-OH is 1. The first kappa shape index (κ1) is 23.6. The Labute approximate surface area is 180 Å². The van der Waals surface area contributed by atoms with E-state index in [1.807, 2.05) is 56.3 Å². The predicted octanol–water partition coefficient (Wildman–Crippen LogP) is 3.49. The average Bonchev–Trinajstić information content (AvgIpc) is 2.67. The number of aliphatic hydroxyl groups is 1. The van der Waals surface area contributed by atoms with Crippen molar-refractivity contribution in [2.24, 2.45) is 5.92 Å². The van der Waals surface area contributed by atoms with Crippen molar-refractivity contribution in [3.8, 4) is 11.1 Å². The molecule has 0 spiro atoms. The zero-order chi connectivity index (χ0) is 22.3. The van der Waals surface area contributed by atoms with Gasteiger partial charge in [-0.15, -0.1) is 0 Å². The van der Waals surface area contributed by atoms with Crippen LogP contribution in [0, 0.1) is 5.92 Å². The molecular formula is C23H26ClNO5. The molecule has 30 heavy (non-hydrogen) atoms. The summed E-state index contributed by atoms with van der Waals surface area (Å²) < 4.78 is 0. The Morgan fingerprint density at radius 2 is 1.70 bits per heavy atom. The van der Waals surface area contributed by atoms with Gasteiger partial charge in [-0.2, -0.15) is 0 Å². The number of aliphatic carboxylic acids is 1. The molecule has 7 heteroatoms. The smallest absolute Gasteiger partial charge is 0.332 e. The number of benzene rings is 2. The minimum absolute atomic E-state index is 0.0327. The maximum absolute atomic E-state index is 12.2. The lowest BCUT2D eigenvalue weighted by atomic mass is 9.97. The van der Waals surface area contributed by atoms with Crippen LogP contribution < -0.4 is 5.32 Å². The van der Waals surface area contributed by atoms with Crippen molar-refractivity contribution < 1.29 is 24.6 Å². The highest BCUT2D eigenvalue weighted by molar-refractivity contribution is 6.36. The highest BCUT2D eigenvalue weighted by Gasteiger charge is 2.24. The maximum atomic E-state index is 12.2. The van der Waals surface area contributed by atoms with Crippen LogP contribution in [-0.2, 0) is 20.8 Å². The zero-order valence-corrected chi connectivity index (χ0v) is 17.7. The molecule has 0 aliphatic rings. The van der Waals surface area contributed by atoms with Crippen molar-refractivity contribution >= 4 is 29.3 Å². The lowest BCUT2D eigenvalue weighted by Gasteiger charge is -2.20. The number of amides is 1. The summed E-state index contributed by atoms with van der Waals surface area (Å²) in [5.41, 5.74) is 2.75. The Morgan fingerprint density at radius 3 is 2.27 bits per heavy atom. The molecule has 0 aliphatic carbocycles. The number of ketones is 1. The third-order valence-corrected chi connectivity index (χ3v) is 4.80. The fourth-order valence-corrected chi connectivity index (χ4v) is 3.27. The van der Waals surface area contributed by atoms with Gasteiger partial charge in [-0.1, -0.05) is 61.8 Å². The van der Waals surface area contributed by atoms with E-state index in [4.69, 9.17) is 16.7 Å². The summed E-state index contributed by atoms with van der Waals surface area (Å²) in [5.74, 6) is -2.66. The number of halogens is 1. The van der Waals surface area contributed by atoms with Gasteiger partial charge in [0.2, 0.25) is 5.78 Å². The van der Waals surface area contributed by atoms with E-state index in [1.54, 1.807) is 6.07 Å². The van der Waals surface area contributed by atoms with Gasteiger partial charge >= 0.3 is 5.97 Å². The number of hydrogen-bond acceptors (Lipinski definition) is 4. The van der Waals surface area contributed by atoms with Gasteiger partial charge in [0.05, 0.1) is 0 Å². The minimum Gasteiger partial charge on any atom is -0.479 e. The van der Waals surface area contributed by atoms with Crippen molar-refractivity contribution in [3.05, 3.63) is 59.1 Å². The largest absolute Gasteiger partial charge is 0.479 e. The number of Topliss-reactive ketones (excluding diaryl/α,β-unsaturated/α-hetero) is 1. The molecule has 2 aromatic rings. The SMILES string of the molecule is CC(C)CC(=O)C(=O)N[C@H](Cc1ccc(-c2cccc(Cl)c2)cc1)C[C@@H](O)C(=O)O. The highest BCUT2D eigenvalue weighted by Crippen LogP contribution is 2.23. The van der Waals surface area contributed by atoms with E-state index in [0.717, 1.165) is 16.7 Å². The molecule has 2 atom stereocenters. The van der Waals surface area contributed by atoms with Gasteiger partial charge in [-0.05, 0) is 41.2 Å². The zero-order valence-electron chi connectivity index (χ0n) is 17.0. The van der Waals surface area contributed by atoms with Gasteiger partial charge in [0.25, 0.3) is 5.91 Å². The molecule has 0 heterocycles. The fraction of sp³-hybridized carbons (Fsp3) is 0.348. The van der Waals surface area contributed by atoms with Crippen LogP contribution in [-0.4, -0.2) is 40.0 Å². The van der Waals surface area contributed by atoms with Crippen LogP contribution in [0.4, 0.5) is 0 Å². The van der Waals surface area contributed by atoms with Crippen LogP contribution in [0.2, 0.25) is 5.02 Å². The molecule has 0 saturated heterocycles. The third-order valence-electron chi connectivity index (χ3n) is 4.57. The van der Waals surface area contributed by atoms with Gasteiger partial charge in [0.1, 0.15) is 0 Å². The number of carbonyl (C=O) groups excluding carboxylic acids is 2. The van der Waals surface area contributed by atoms with Gasteiger partial charge in [0, 0.05) is 23.9 Å². The van der Waals surface area contributed by atoms with Gasteiger partial charge in [-0.3, -0.25) is 9.59 Å². The molecule has 6 nitrogen and oxygen atoms in total. The predicted molar refractivity (Wildman–Crippen MR) is 115 cm³/mol. The average molecular weight is 432 g/mol. The number of carboxylic acids is 1. The number of carbonyl (C=O) groups is 3. The molecule has 0 fully saturated rings. The Balaban J connectivity index is 2.13. The topological polar surface area (TPSA) is 104 Å². The Bertz CT molecular complexity index is 895. The van der Waals surface area contributed by atoms with E-state index in [2.05, 4.69) is 5.32 Å². The van der Waals surface area contributed by atoms with E-state index in [9.17, 15) is 19.5 Å². The van der Waals surface area contributed by atoms with Crippen LogP contribution in [0.5, 0.6) is 0 Å². The van der Waals surface area contributed by atoms with Crippen LogP contribution >= 0.6 is 11.6 Å². The summed E-state index contributed by atoms with van der Waals surface area (Å²) in [7, 11) is 0. The van der Waals surface area contributed by atoms with Crippen molar-refractivity contribution in [2.45, 2.75) is 45.3 Å². The van der Waals surface area contributed by atoms with Gasteiger partial charge in [-0.25, -0.2) is 4.79 Å². The molecule has 3 N–H and O–H groups in total. The number of rotatable bonds is 10. The Morgan fingerprint density at radius 1 is 1.03 bits per heavy atom. The molecule has 160 valence electrons. The van der Waals surface area contributed by atoms with Crippen LogP contribution in [0.15, 0.2) is 48.5 Å². The van der Waals surface area contributed by atoms with Gasteiger partial charge in [0.15, 0.2) is 6.10 Å². The lowest BCUT2D eigenvalue weighted by Crippen LogP contribution is -2.43. The summed E-state index contributed by atoms with van der Waals surface area (Å²) in [6.45, 7) is 3.66. The quantitative estimate of drug-likeness (QED) is 0.499. The number of carboxylic acid groups (broad SMARTS) is 1. The summed E-state index contributed by atoms with van der Waals surface area (Å²) >= 11 is 6.03. The number of hydrogen-bond donors (Lipinski definition) is 3. The molecule has 2 rings (SSSR count). The van der Waals surface area contributed by atoms with Crippen molar-refractivity contribution in [1.29, 1.82) is 0 Å². The maximum Gasteiger partial charge on any atom is 0.332 e. The second-order valence-electron chi connectivity index (χ2n) is 7.69. The first-order chi connectivity index (χ1) is 14.2. The molecule has 1 amide bonds. The molecule has 0 bridgehead atoms. The Hall–Kier alpha value is -2.70. The monoisotopic (exact) mass is 431 g/mol. The fourth-order valence-electron chi connectivity index (χ4n) is 3.08. The minimum atomic E-state index is -1.64. The van der Waals surface area contributed by atoms with E-state index in [0.29, 0.717) is 5.02 Å². The molecule has 2 aromatic carbocycles. The van der Waals surface area contributed by atoms with Crippen molar-refractivity contribution in [3.63, 3.8) is 0 Å². The molecule has 0 aromatic heterocycles. The standard InChI is InChI=1S/C23H26ClNO5/c1-14(2)10-20(26)22(28)25-19(13-21(27)23(29)30)11-15-6-8-16(9-7-15)17-4-3-5-18(24)12-17/h3-9,12,14,19,21,27H,10-11,13H2,1-2H3,(H,25,28)(H,29,30)/t19-,21-/m1/s1. The molecular weight excluding hydrogens is 406 g/mol. The summed E-state index contributed by atoms with van der Waals surface area (Å²) in [6, 6.07) is 14.3. The summed E-state index contributed by atoms with van der Waals surface area (Å²) in [6.07, 6.45) is -1.46. The first-order valence-electron chi connectivity index (χ1n) is 9.75. The van der Waals surface area contributed by atoms with Crippen LogP contribution in [0.1, 0.15) is 32.3 Å². The molecule has 0 unspecified atom stereocenters. The summed E-state index contributed by atoms with van der Waals surface area (Å²) in [5, 5.41) is 22.0. The normalized spacial score (nSPS) is 13.0. The molecule has 0 saturated carbocycles. The van der Waals surface area contributed by atoms with E-state index in [-0.39, 0.29) is 25.2 Å². The van der Waals surface area contributed by atoms with Gasteiger partial charge < -0.3 is 15.5 Å². The van der Waals surface area contributed by atoms with Crippen molar-refractivity contribution in [2.75, 3.05) is 0 Å². The number of nitrogens with one attached hydrogen (secondary N) is 1. The first-order valence-corrected chi connectivity index (χ1v) is 10.1.